The van der Waals surface area contributed by atoms with Crippen molar-refractivity contribution < 1.29 is 4.21 Å². The average molecular weight is 208 g/mol. The number of nitrogens with one attached hydrogen (secondary N) is 1. The Morgan fingerprint density at radius 3 is 2.86 bits per heavy atom. The lowest BCUT2D eigenvalue weighted by atomic mass is 10.1. The standard InChI is InChI=1S/C10H12N2OS/c1-8-12-11-7-10(14(8)13)9-5-3-2-4-6-9/h2-6,10-11H,7H2,1H3. The van der Waals surface area contributed by atoms with Crippen molar-refractivity contribution in [1.82, 2.24) is 5.43 Å². The van der Waals surface area contributed by atoms with E-state index in [2.05, 4.69) is 10.5 Å². The topological polar surface area (TPSA) is 41.5 Å². The van der Waals surface area contributed by atoms with Gasteiger partial charge in [-0.2, -0.15) is 5.10 Å². The minimum Gasteiger partial charge on any atom is -0.308 e. The third-order valence-electron chi connectivity index (χ3n) is 2.23. The molecule has 14 heavy (non-hydrogen) atoms. The number of benzene rings is 1. The first-order valence-electron chi connectivity index (χ1n) is 4.51. The number of hydrogen-bond acceptors (Lipinski definition) is 3. The normalized spacial score (nSPS) is 26.5. The van der Waals surface area contributed by atoms with Crippen LogP contribution >= 0.6 is 0 Å². The lowest BCUT2D eigenvalue weighted by molar-refractivity contribution is 0.651. The first-order chi connectivity index (χ1) is 6.79. The molecule has 0 aliphatic carbocycles. The van der Waals surface area contributed by atoms with Gasteiger partial charge >= 0.3 is 0 Å². The van der Waals surface area contributed by atoms with Gasteiger partial charge in [-0.25, -0.2) is 0 Å². The molecule has 2 atom stereocenters. The molecular formula is C10H12N2OS. The monoisotopic (exact) mass is 208 g/mol. The molecule has 0 saturated heterocycles. The van der Waals surface area contributed by atoms with Crippen LogP contribution in [0.2, 0.25) is 0 Å². The number of rotatable bonds is 1. The van der Waals surface area contributed by atoms with E-state index in [1.54, 1.807) is 6.92 Å². The molecule has 74 valence electrons. The van der Waals surface area contributed by atoms with Crippen LogP contribution in [0.25, 0.3) is 0 Å². The fourth-order valence-corrected chi connectivity index (χ4v) is 2.67. The Morgan fingerprint density at radius 1 is 1.43 bits per heavy atom. The third-order valence-corrected chi connectivity index (χ3v) is 3.86. The summed E-state index contributed by atoms with van der Waals surface area (Å²) < 4.78 is 11.9. The zero-order chi connectivity index (χ0) is 9.97. The predicted octanol–water partition coefficient (Wildman–Crippen LogP) is 1.41. The van der Waals surface area contributed by atoms with Crippen molar-refractivity contribution in [2.75, 3.05) is 6.54 Å². The van der Waals surface area contributed by atoms with E-state index in [1.165, 1.54) is 0 Å². The lowest BCUT2D eigenvalue weighted by Gasteiger charge is -2.20. The van der Waals surface area contributed by atoms with Gasteiger partial charge in [0, 0.05) is 0 Å². The van der Waals surface area contributed by atoms with Crippen LogP contribution in [0.15, 0.2) is 35.4 Å². The Balaban J connectivity index is 2.29. The fourth-order valence-electron chi connectivity index (χ4n) is 1.48. The van der Waals surface area contributed by atoms with Gasteiger partial charge in [-0.15, -0.1) is 0 Å². The van der Waals surface area contributed by atoms with Crippen molar-refractivity contribution in [1.29, 1.82) is 0 Å². The summed E-state index contributed by atoms with van der Waals surface area (Å²) in [6.45, 7) is 2.44. The van der Waals surface area contributed by atoms with E-state index >= 15 is 0 Å². The summed E-state index contributed by atoms with van der Waals surface area (Å²) in [5.41, 5.74) is 4.01. The van der Waals surface area contributed by atoms with Gasteiger partial charge in [0.1, 0.15) is 5.04 Å². The van der Waals surface area contributed by atoms with Crippen molar-refractivity contribution in [3.63, 3.8) is 0 Å². The van der Waals surface area contributed by atoms with E-state index in [1.807, 2.05) is 30.3 Å². The minimum atomic E-state index is -0.986. The first-order valence-corrected chi connectivity index (χ1v) is 5.73. The molecule has 0 spiro atoms. The number of nitrogens with zero attached hydrogens (tertiary/aromatic N) is 1. The van der Waals surface area contributed by atoms with Gasteiger partial charge in [0.25, 0.3) is 0 Å². The highest BCUT2D eigenvalue weighted by atomic mass is 32.2. The highest BCUT2D eigenvalue weighted by Crippen LogP contribution is 2.21. The summed E-state index contributed by atoms with van der Waals surface area (Å²) in [5, 5.41) is 4.66. The molecule has 1 aromatic carbocycles. The molecule has 4 heteroatoms. The molecule has 1 aliphatic rings. The van der Waals surface area contributed by atoms with Gasteiger partial charge in [0.15, 0.2) is 0 Å². The summed E-state index contributed by atoms with van der Waals surface area (Å²) in [4.78, 5) is 0. The predicted molar refractivity (Wildman–Crippen MR) is 58.4 cm³/mol. The highest BCUT2D eigenvalue weighted by molar-refractivity contribution is 8.00. The van der Waals surface area contributed by atoms with Crippen molar-refractivity contribution in [3.8, 4) is 0 Å². The van der Waals surface area contributed by atoms with Gasteiger partial charge in [0.05, 0.1) is 22.6 Å². The summed E-state index contributed by atoms with van der Waals surface area (Å²) in [6.07, 6.45) is 0. The van der Waals surface area contributed by atoms with E-state index in [0.717, 1.165) is 5.56 Å². The third kappa shape index (κ3) is 1.70. The molecule has 3 nitrogen and oxygen atoms in total. The average Bonchev–Trinajstić information content (AvgIpc) is 2.23. The van der Waals surface area contributed by atoms with Gasteiger partial charge in [-0.05, 0) is 12.5 Å². The van der Waals surface area contributed by atoms with E-state index in [4.69, 9.17) is 0 Å². The lowest BCUT2D eigenvalue weighted by Crippen LogP contribution is -2.30. The van der Waals surface area contributed by atoms with Crippen LogP contribution in [0.3, 0.4) is 0 Å². The summed E-state index contributed by atoms with van der Waals surface area (Å²) in [6, 6.07) is 9.90. The van der Waals surface area contributed by atoms with Crippen LogP contribution < -0.4 is 5.43 Å². The van der Waals surface area contributed by atoms with Crippen LogP contribution in [-0.2, 0) is 10.8 Å². The Bertz CT molecular complexity index is 375. The van der Waals surface area contributed by atoms with Crippen LogP contribution in [-0.4, -0.2) is 15.8 Å². The Hall–Kier alpha value is -1.16. The largest absolute Gasteiger partial charge is 0.308 e. The highest BCUT2D eigenvalue weighted by Gasteiger charge is 2.23. The number of hydrazone groups is 1. The summed E-state index contributed by atoms with van der Waals surface area (Å²) in [7, 11) is -0.986. The maximum Gasteiger partial charge on any atom is 0.122 e. The molecule has 0 saturated carbocycles. The second-order valence-electron chi connectivity index (χ2n) is 3.19. The molecule has 0 amide bonds. The maximum absolute atomic E-state index is 11.9. The molecule has 1 aliphatic heterocycles. The quantitative estimate of drug-likeness (QED) is 0.758. The Labute approximate surface area is 85.7 Å². The van der Waals surface area contributed by atoms with Crippen LogP contribution in [0, 0.1) is 0 Å². The van der Waals surface area contributed by atoms with E-state index in [-0.39, 0.29) is 5.25 Å². The number of hydrogen-bond donors (Lipinski definition) is 1. The molecule has 1 heterocycles. The molecule has 1 aromatic rings. The second kappa shape index (κ2) is 3.92. The van der Waals surface area contributed by atoms with Gasteiger partial charge in [-0.1, -0.05) is 30.3 Å². The van der Waals surface area contributed by atoms with Gasteiger partial charge < -0.3 is 5.43 Å². The van der Waals surface area contributed by atoms with Crippen molar-refractivity contribution in [3.05, 3.63) is 35.9 Å². The van der Waals surface area contributed by atoms with E-state index in [9.17, 15) is 4.21 Å². The first kappa shape index (κ1) is 9.40. The van der Waals surface area contributed by atoms with E-state index < -0.39 is 10.8 Å². The molecule has 0 aromatic heterocycles. The smallest absolute Gasteiger partial charge is 0.122 e. The van der Waals surface area contributed by atoms with E-state index in [0.29, 0.717) is 11.6 Å². The molecule has 2 unspecified atom stereocenters. The van der Waals surface area contributed by atoms with Crippen molar-refractivity contribution in [2.24, 2.45) is 5.10 Å². The van der Waals surface area contributed by atoms with Gasteiger partial charge in [-0.3, -0.25) is 4.21 Å². The fraction of sp³-hybridized carbons (Fsp3) is 0.300. The molecule has 2 rings (SSSR count). The van der Waals surface area contributed by atoms with Crippen LogP contribution in [0.1, 0.15) is 17.7 Å². The SMILES string of the molecule is CC1=NNCC(c2ccccc2)S1=O. The van der Waals surface area contributed by atoms with Crippen molar-refractivity contribution >= 4 is 15.8 Å². The molecule has 0 radical (unpaired) electrons. The minimum absolute atomic E-state index is 0.0358. The van der Waals surface area contributed by atoms with Gasteiger partial charge in [0.2, 0.25) is 0 Å². The Kier molecular flexibility index (Phi) is 2.63. The van der Waals surface area contributed by atoms with Crippen molar-refractivity contribution in [2.45, 2.75) is 12.2 Å². The molecular weight excluding hydrogens is 196 g/mol. The zero-order valence-corrected chi connectivity index (χ0v) is 8.75. The maximum atomic E-state index is 11.9. The summed E-state index contributed by atoms with van der Waals surface area (Å²) in [5.74, 6) is 0. The Morgan fingerprint density at radius 2 is 2.14 bits per heavy atom. The molecule has 0 fully saturated rings. The summed E-state index contributed by atoms with van der Waals surface area (Å²) >= 11 is 0. The molecule has 0 bridgehead atoms. The second-order valence-corrected chi connectivity index (χ2v) is 4.94. The molecule has 1 N–H and O–H groups in total. The zero-order valence-electron chi connectivity index (χ0n) is 7.93. The van der Waals surface area contributed by atoms with Crippen LogP contribution in [0.5, 0.6) is 0 Å². The van der Waals surface area contributed by atoms with Crippen LogP contribution in [0.4, 0.5) is 0 Å².